The minimum absolute atomic E-state index is 0.165. The van der Waals surface area contributed by atoms with Gasteiger partial charge in [-0.15, -0.1) is 0 Å². The molecule has 0 bridgehead atoms. The molecule has 0 saturated heterocycles. The Kier molecular flexibility index (Phi) is 4.14. The Hall–Kier alpha value is -1.91. The highest BCUT2D eigenvalue weighted by atomic mass is 35.5. The Morgan fingerprint density at radius 2 is 1.68 bits per heavy atom. The summed E-state index contributed by atoms with van der Waals surface area (Å²) in [4.78, 5) is 26.3. The summed E-state index contributed by atoms with van der Waals surface area (Å²) in [6.45, 7) is 0. The van der Waals surface area contributed by atoms with Crippen LogP contribution in [0.4, 0.5) is 5.69 Å². The van der Waals surface area contributed by atoms with Crippen LogP contribution in [0.3, 0.4) is 0 Å². The SMILES string of the molecule is O=Cc1ccc(NC(=O)c2c(Cl)cncc2Cl)cc1. The zero-order valence-electron chi connectivity index (χ0n) is 9.56. The van der Waals surface area contributed by atoms with Crippen LogP contribution in [0, 0.1) is 0 Å². The quantitative estimate of drug-likeness (QED) is 0.882. The van der Waals surface area contributed by atoms with Crippen molar-refractivity contribution in [2.24, 2.45) is 0 Å². The second-order valence-corrected chi connectivity index (χ2v) is 4.49. The molecule has 0 spiro atoms. The van der Waals surface area contributed by atoms with Gasteiger partial charge in [-0.2, -0.15) is 0 Å². The number of halogens is 2. The summed E-state index contributed by atoms with van der Waals surface area (Å²) < 4.78 is 0. The molecule has 0 radical (unpaired) electrons. The largest absolute Gasteiger partial charge is 0.322 e. The molecule has 0 atom stereocenters. The van der Waals surface area contributed by atoms with Gasteiger partial charge in [0.1, 0.15) is 6.29 Å². The summed E-state index contributed by atoms with van der Waals surface area (Å²) in [5, 5.41) is 2.99. The molecule has 0 aliphatic carbocycles. The van der Waals surface area contributed by atoms with E-state index >= 15 is 0 Å². The van der Waals surface area contributed by atoms with Crippen molar-refractivity contribution < 1.29 is 9.59 Å². The number of aromatic nitrogens is 1. The molecule has 4 nitrogen and oxygen atoms in total. The van der Waals surface area contributed by atoms with E-state index in [0.717, 1.165) is 6.29 Å². The first-order valence-electron chi connectivity index (χ1n) is 5.27. The van der Waals surface area contributed by atoms with Crippen LogP contribution >= 0.6 is 23.2 Å². The number of hydrogen-bond acceptors (Lipinski definition) is 3. The van der Waals surface area contributed by atoms with Gasteiger partial charge in [0.25, 0.3) is 5.91 Å². The second kappa shape index (κ2) is 5.82. The standard InChI is InChI=1S/C13H8Cl2N2O2/c14-10-5-16-6-11(15)12(10)13(19)17-9-3-1-8(7-18)2-4-9/h1-7H,(H,17,19). The first-order chi connectivity index (χ1) is 9.11. The molecule has 1 heterocycles. The number of nitrogens with zero attached hydrogens (tertiary/aromatic N) is 1. The maximum Gasteiger partial charge on any atom is 0.258 e. The van der Waals surface area contributed by atoms with E-state index in [0.29, 0.717) is 11.3 Å². The third-order valence-corrected chi connectivity index (χ3v) is 2.96. The van der Waals surface area contributed by atoms with E-state index in [9.17, 15) is 9.59 Å². The maximum absolute atomic E-state index is 12.0. The molecule has 2 aromatic rings. The van der Waals surface area contributed by atoms with E-state index in [1.54, 1.807) is 24.3 Å². The highest BCUT2D eigenvalue weighted by molar-refractivity contribution is 6.40. The van der Waals surface area contributed by atoms with Crippen molar-refractivity contribution in [3.05, 3.63) is 57.8 Å². The van der Waals surface area contributed by atoms with Gasteiger partial charge in [-0.25, -0.2) is 0 Å². The molecule has 0 unspecified atom stereocenters. The molecule has 6 heteroatoms. The lowest BCUT2D eigenvalue weighted by Gasteiger charge is -2.08. The number of hydrogen-bond donors (Lipinski definition) is 1. The van der Waals surface area contributed by atoms with Crippen LogP contribution in [0.25, 0.3) is 0 Å². The summed E-state index contributed by atoms with van der Waals surface area (Å²) in [6, 6.07) is 6.42. The number of pyridine rings is 1. The van der Waals surface area contributed by atoms with Crippen molar-refractivity contribution in [3.8, 4) is 0 Å². The van der Waals surface area contributed by atoms with E-state index in [4.69, 9.17) is 23.2 Å². The lowest BCUT2D eigenvalue weighted by molar-refractivity contribution is 0.102. The van der Waals surface area contributed by atoms with Gasteiger partial charge in [-0.3, -0.25) is 14.6 Å². The van der Waals surface area contributed by atoms with Crippen LogP contribution in [0.5, 0.6) is 0 Å². The molecule has 19 heavy (non-hydrogen) atoms. The molecular weight excluding hydrogens is 287 g/mol. The van der Waals surface area contributed by atoms with E-state index in [-0.39, 0.29) is 15.6 Å². The molecule has 0 aliphatic rings. The molecule has 1 aromatic carbocycles. The van der Waals surface area contributed by atoms with Crippen LogP contribution in [0.2, 0.25) is 10.0 Å². The average molecular weight is 295 g/mol. The molecule has 96 valence electrons. The highest BCUT2D eigenvalue weighted by Crippen LogP contribution is 2.24. The van der Waals surface area contributed by atoms with Gasteiger partial charge in [0.15, 0.2) is 0 Å². The van der Waals surface area contributed by atoms with Crippen molar-refractivity contribution in [2.75, 3.05) is 5.32 Å². The first kappa shape index (κ1) is 13.5. The molecular formula is C13H8Cl2N2O2. The van der Waals surface area contributed by atoms with Gasteiger partial charge in [0.2, 0.25) is 0 Å². The smallest absolute Gasteiger partial charge is 0.258 e. The number of benzene rings is 1. The van der Waals surface area contributed by atoms with Gasteiger partial charge in [-0.05, 0) is 24.3 Å². The van der Waals surface area contributed by atoms with Crippen molar-refractivity contribution in [1.29, 1.82) is 0 Å². The number of rotatable bonds is 3. The Labute approximate surface area is 119 Å². The molecule has 1 N–H and O–H groups in total. The maximum atomic E-state index is 12.0. The average Bonchev–Trinajstić information content (AvgIpc) is 2.39. The molecule has 1 amide bonds. The Balaban J connectivity index is 2.23. The van der Waals surface area contributed by atoms with Gasteiger partial charge in [-0.1, -0.05) is 23.2 Å². The fourth-order valence-corrected chi connectivity index (χ4v) is 2.00. The molecule has 1 aromatic heterocycles. The van der Waals surface area contributed by atoms with Crippen LogP contribution in [0.1, 0.15) is 20.7 Å². The van der Waals surface area contributed by atoms with Crippen molar-refractivity contribution >= 4 is 41.1 Å². The predicted molar refractivity (Wildman–Crippen MR) is 74.0 cm³/mol. The number of carbonyl (C=O) groups is 2. The van der Waals surface area contributed by atoms with Crippen molar-refractivity contribution in [1.82, 2.24) is 4.98 Å². The molecule has 0 aliphatic heterocycles. The zero-order valence-corrected chi connectivity index (χ0v) is 11.1. The number of aldehydes is 1. The van der Waals surface area contributed by atoms with Crippen molar-refractivity contribution in [3.63, 3.8) is 0 Å². The fourth-order valence-electron chi connectivity index (χ4n) is 1.47. The summed E-state index contributed by atoms with van der Waals surface area (Å²) in [7, 11) is 0. The minimum Gasteiger partial charge on any atom is -0.322 e. The first-order valence-corrected chi connectivity index (χ1v) is 6.03. The lowest BCUT2D eigenvalue weighted by atomic mass is 10.2. The van der Waals surface area contributed by atoms with Crippen LogP contribution in [0.15, 0.2) is 36.7 Å². The van der Waals surface area contributed by atoms with E-state index in [1.807, 2.05) is 0 Å². The number of anilines is 1. The fraction of sp³-hybridized carbons (Fsp3) is 0. The Morgan fingerprint density at radius 3 is 2.21 bits per heavy atom. The Morgan fingerprint density at radius 1 is 1.11 bits per heavy atom. The normalized spacial score (nSPS) is 10.0. The van der Waals surface area contributed by atoms with Crippen LogP contribution < -0.4 is 5.32 Å². The summed E-state index contributed by atoms with van der Waals surface area (Å²) in [6.07, 6.45) is 3.41. The number of nitrogens with one attached hydrogen (secondary N) is 1. The van der Waals surface area contributed by atoms with Gasteiger partial charge in [0, 0.05) is 23.6 Å². The van der Waals surface area contributed by atoms with Crippen molar-refractivity contribution in [2.45, 2.75) is 0 Å². The van der Waals surface area contributed by atoms with E-state index < -0.39 is 5.91 Å². The molecule has 2 rings (SSSR count). The monoisotopic (exact) mass is 294 g/mol. The summed E-state index contributed by atoms with van der Waals surface area (Å²) in [5.41, 5.74) is 1.23. The number of amides is 1. The highest BCUT2D eigenvalue weighted by Gasteiger charge is 2.15. The lowest BCUT2D eigenvalue weighted by Crippen LogP contribution is -2.13. The van der Waals surface area contributed by atoms with Gasteiger partial charge in [0.05, 0.1) is 15.6 Å². The summed E-state index contributed by atoms with van der Waals surface area (Å²) in [5.74, 6) is -0.434. The second-order valence-electron chi connectivity index (χ2n) is 3.67. The topological polar surface area (TPSA) is 59.1 Å². The third kappa shape index (κ3) is 3.10. The zero-order chi connectivity index (χ0) is 13.8. The minimum atomic E-state index is -0.434. The van der Waals surface area contributed by atoms with Gasteiger partial charge >= 0.3 is 0 Å². The predicted octanol–water partition coefficient (Wildman–Crippen LogP) is 3.45. The van der Waals surface area contributed by atoms with Crippen LogP contribution in [-0.2, 0) is 0 Å². The Bertz CT molecular complexity index is 607. The molecule has 0 saturated carbocycles. The van der Waals surface area contributed by atoms with E-state index in [2.05, 4.69) is 10.3 Å². The summed E-state index contributed by atoms with van der Waals surface area (Å²) >= 11 is 11.8. The van der Waals surface area contributed by atoms with E-state index in [1.165, 1.54) is 12.4 Å². The molecule has 0 fully saturated rings. The third-order valence-electron chi connectivity index (χ3n) is 2.39. The number of carbonyl (C=O) groups excluding carboxylic acids is 2. The van der Waals surface area contributed by atoms with Crippen LogP contribution in [-0.4, -0.2) is 17.2 Å². The van der Waals surface area contributed by atoms with Gasteiger partial charge < -0.3 is 5.32 Å².